The largest absolute Gasteiger partial charge is 0.379 e. The van der Waals surface area contributed by atoms with E-state index in [9.17, 15) is 10.1 Å². The second kappa shape index (κ2) is 4.55. The molecule has 0 aliphatic heterocycles. The molecule has 0 spiro atoms. The summed E-state index contributed by atoms with van der Waals surface area (Å²) >= 11 is 5.85. The van der Waals surface area contributed by atoms with Gasteiger partial charge in [0, 0.05) is 11.9 Å². The molecule has 0 radical (unpaired) electrons. The van der Waals surface area contributed by atoms with Crippen LogP contribution in [0, 0.1) is 10.1 Å². The Balaban J connectivity index is 2.83. The number of pyridine rings is 1. The monoisotopic (exact) mass is 251 g/mol. The Morgan fingerprint density at radius 3 is 2.82 bits per heavy atom. The van der Waals surface area contributed by atoms with E-state index in [1.807, 2.05) is 19.1 Å². The summed E-state index contributed by atoms with van der Waals surface area (Å²) in [5.74, 6) is 0. The van der Waals surface area contributed by atoms with Crippen LogP contribution in [0.5, 0.6) is 0 Å². The Morgan fingerprint density at radius 2 is 2.18 bits per heavy atom. The first-order chi connectivity index (χ1) is 8.15. The van der Waals surface area contributed by atoms with Gasteiger partial charge in [-0.3, -0.25) is 10.1 Å². The molecule has 0 fully saturated rings. The maximum atomic E-state index is 11.0. The lowest BCUT2D eigenvalue weighted by Gasteiger charge is -2.09. The third kappa shape index (κ3) is 2.01. The third-order valence-corrected chi connectivity index (χ3v) is 2.62. The predicted octanol–water partition coefficient (Wildman–Crippen LogP) is 3.23. The van der Waals surface area contributed by atoms with Crippen LogP contribution in [0.25, 0.3) is 10.9 Å². The number of para-hydroxylation sites is 1. The van der Waals surface area contributed by atoms with Gasteiger partial charge in [0.1, 0.15) is 5.69 Å². The van der Waals surface area contributed by atoms with E-state index in [1.54, 1.807) is 12.1 Å². The van der Waals surface area contributed by atoms with Gasteiger partial charge in [0.25, 0.3) is 0 Å². The van der Waals surface area contributed by atoms with E-state index in [0.717, 1.165) is 0 Å². The molecule has 0 unspecified atom stereocenters. The summed E-state index contributed by atoms with van der Waals surface area (Å²) < 4.78 is 0. The molecule has 2 rings (SSSR count). The quantitative estimate of drug-likeness (QED) is 0.517. The van der Waals surface area contributed by atoms with E-state index in [1.165, 1.54) is 0 Å². The Bertz CT molecular complexity index is 586. The summed E-state index contributed by atoms with van der Waals surface area (Å²) in [6, 6.07) is 7.17. The van der Waals surface area contributed by atoms with Gasteiger partial charge in [0.05, 0.1) is 10.4 Å². The lowest BCUT2D eigenvalue weighted by molar-refractivity contribution is -0.384. The molecule has 0 saturated heterocycles. The fourth-order valence-electron chi connectivity index (χ4n) is 1.69. The van der Waals surface area contributed by atoms with Gasteiger partial charge < -0.3 is 5.32 Å². The maximum absolute atomic E-state index is 11.0. The van der Waals surface area contributed by atoms with Crippen LogP contribution in [0.4, 0.5) is 11.4 Å². The van der Waals surface area contributed by atoms with Gasteiger partial charge in [-0.05, 0) is 13.0 Å². The minimum absolute atomic E-state index is 0.0929. The van der Waals surface area contributed by atoms with Crippen molar-refractivity contribution in [2.45, 2.75) is 6.92 Å². The van der Waals surface area contributed by atoms with Crippen molar-refractivity contribution in [3.05, 3.63) is 39.5 Å². The van der Waals surface area contributed by atoms with Gasteiger partial charge in [-0.2, -0.15) is 0 Å². The molecule has 0 aliphatic carbocycles. The van der Waals surface area contributed by atoms with Crippen molar-refractivity contribution >= 4 is 33.9 Å². The van der Waals surface area contributed by atoms with Crippen LogP contribution in [0.1, 0.15) is 6.92 Å². The number of fused-ring (bicyclic) bond motifs is 1. The molecule has 0 bridgehead atoms. The zero-order valence-corrected chi connectivity index (χ0v) is 9.86. The van der Waals surface area contributed by atoms with E-state index in [-0.39, 0.29) is 10.8 Å². The van der Waals surface area contributed by atoms with Crippen LogP contribution in [0.2, 0.25) is 5.15 Å². The number of hydrogen-bond acceptors (Lipinski definition) is 4. The number of aromatic nitrogens is 1. The second-order valence-electron chi connectivity index (χ2n) is 3.43. The first-order valence-electron chi connectivity index (χ1n) is 5.11. The van der Waals surface area contributed by atoms with E-state index < -0.39 is 4.92 Å². The highest BCUT2D eigenvalue weighted by atomic mass is 35.5. The van der Waals surface area contributed by atoms with Crippen LogP contribution in [0.15, 0.2) is 24.3 Å². The number of hydrogen-bond donors (Lipinski definition) is 1. The zero-order valence-electron chi connectivity index (χ0n) is 9.11. The van der Waals surface area contributed by atoms with Crippen LogP contribution < -0.4 is 5.32 Å². The topological polar surface area (TPSA) is 68.1 Å². The van der Waals surface area contributed by atoms with E-state index in [0.29, 0.717) is 23.1 Å². The Morgan fingerprint density at radius 1 is 1.47 bits per heavy atom. The lowest BCUT2D eigenvalue weighted by atomic mass is 10.1. The van der Waals surface area contributed by atoms with E-state index in [4.69, 9.17) is 11.6 Å². The number of nitro groups is 1. The summed E-state index contributed by atoms with van der Waals surface area (Å²) in [5.41, 5.74) is 0.888. The van der Waals surface area contributed by atoms with Crippen molar-refractivity contribution in [3.8, 4) is 0 Å². The van der Waals surface area contributed by atoms with Gasteiger partial charge in [-0.25, -0.2) is 4.98 Å². The summed E-state index contributed by atoms with van der Waals surface area (Å²) in [6.45, 7) is 2.44. The maximum Gasteiger partial charge on any atom is 0.329 e. The lowest BCUT2D eigenvalue weighted by Crippen LogP contribution is -2.03. The Hall–Kier alpha value is -1.88. The molecule has 2 aromatic rings. The molecule has 0 saturated carbocycles. The Labute approximate surface area is 103 Å². The molecule has 1 aromatic heterocycles. The fourth-order valence-corrected chi connectivity index (χ4v) is 1.95. The second-order valence-corrected chi connectivity index (χ2v) is 3.79. The first kappa shape index (κ1) is 11.6. The molecular weight excluding hydrogens is 242 g/mol. The molecule has 1 heterocycles. The average Bonchev–Trinajstić information content (AvgIpc) is 2.28. The Kier molecular flexibility index (Phi) is 3.10. The number of anilines is 1. The average molecular weight is 252 g/mol. The van der Waals surface area contributed by atoms with Crippen molar-refractivity contribution < 1.29 is 4.92 Å². The molecule has 17 heavy (non-hydrogen) atoms. The highest BCUT2D eigenvalue weighted by molar-refractivity contribution is 6.33. The summed E-state index contributed by atoms with van der Waals surface area (Å²) in [7, 11) is 0. The van der Waals surface area contributed by atoms with Crippen molar-refractivity contribution in [1.82, 2.24) is 4.98 Å². The molecule has 0 aliphatic rings. The van der Waals surface area contributed by atoms with E-state index in [2.05, 4.69) is 10.3 Å². The van der Waals surface area contributed by atoms with Crippen LogP contribution in [0.3, 0.4) is 0 Å². The zero-order chi connectivity index (χ0) is 12.4. The minimum Gasteiger partial charge on any atom is -0.379 e. The van der Waals surface area contributed by atoms with Crippen molar-refractivity contribution in [1.29, 1.82) is 0 Å². The summed E-state index contributed by atoms with van der Waals surface area (Å²) in [6.07, 6.45) is 0. The minimum atomic E-state index is -0.514. The first-order valence-corrected chi connectivity index (χ1v) is 5.49. The molecule has 88 valence electrons. The van der Waals surface area contributed by atoms with Gasteiger partial charge >= 0.3 is 5.69 Å². The highest BCUT2D eigenvalue weighted by Crippen LogP contribution is 2.36. The molecule has 0 amide bonds. The van der Waals surface area contributed by atoms with Gasteiger partial charge in [-0.15, -0.1) is 0 Å². The van der Waals surface area contributed by atoms with E-state index >= 15 is 0 Å². The van der Waals surface area contributed by atoms with Gasteiger partial charge in [0.15, 0.2) is 0 Å². The predicted molar refractivity (Wildman–Crippen MR) is 67.6 cm³/mol. The smallest absolute Gasteiger partial charge is 0.329 e. The number of nitrogens with one attached hydrogen (secondary N) is 1. The molecular formula is C11H10ClN3O2. The number of benzene rings is 1. The molecule has 1 N–H and O–H groups in total. The van der Waals surface area contributed by atoms with Crippen molar-refractivity contribution in [2.75, 3.05) is 11.9 Å². The molecule has 5 nitrogen and oxygen atoms in total. The molecule has 0 atom stereocenters. The molecule has 1 aromatic carbocycles. The van der Waals surface area contributed by atoms with Crippen LogP contribution in [-0.2, 0) is 0 Å². The number of rotatable bonds is 3. The van der Waals surface area contributed by atoms with Gasteiger partial charge in [0.2, 0.25) is 5.15 Å². The van der Waals surface area contributed by atoms with Crippen LogP contribution in [-0.4, -0.2) is 16.5 Å². The summed E-state index contributed by atoms with van der Waals surface area (Å²) in [5, 5.41) is 14.6. The fraction of sp³-hybridized carbons (Fsp3) is 0.182. The standard InChI is InChI=1S/C11H10ClN3O2/c1-2-13-9-7-5-3-4-6-8(7)14-11(12)10(9)15(16)17/h3-6H,2H2,1H3,(H,13,14). The number of halogens is 1. The van der Waals surface area contributed by atoms with Gasteiger partial charge in [-0.1, -0.05) is 29.8 Å². The van der Waals surface area contributed by atoms with Crippen LogP contribution >= 0.6 is 11.6 Å². The van der Waals surface area contributed by atoms with Crippen molar-refractivity contribution in [3.63, 3.8) is 0 Å². The number of nitrogens with zero attached hydrogens (tertiary/aromatic N) is 2. The SMILES string of the molecule is CCNc1c([N+](=O)[O-])c(Cl)nc2ccccc12. The van der Waals surface area contributed by atoms with Crippen molar-refractivity contribution in [2.24, 2.45) is 0 Å². The highest BCUT2D eigenvalue weighted by Gasteiger charge is 2.22. The summed E-state index contributed by atoms with van der Waals surface area (Å²) in [4.78, 5) is 14.5. The normalized spacial score (nSPS) is 10.5. The molecule has 6 heteroatoms. The third-order valence-electron chi connectivity index (χ3n) is 2.36.